The molecular weight excluding hydrogens is 478 g/mol. The van der Waals surface area contributed by atoms with Crippen LogP contribution in [0.2, 0.25) is 0 Å². The number of halogens is 2. The van der Waals surface area contributed by atoms with Crippen molar-refractivity contribution in [2.45, 2.75) is 30.6 Å². The van der Waals surface area contributed by atoms with Crippen molar-refractivity contribution in [2.24, 2.45) is 10.4 Å². The van der Waals surface area contributed by atoms with Crippen LogP contribution in [-0.2, 0) is 4.79 Å². The van der Waals surface area contributed by atoms with E-state index in [0.29, 0.717) is 12.5 Å². The Morgan fingerprint density at radius 1 is 1.22 bits per heavy atom. The quantitative estimate of drug-likeness (QED) is 0.195. The first-order chi connectivity index (χ1) is 12.5. The van der Waals surface area contributed by atoms with Gasteiger partial charge in [0.05, 0.1) is 5.41 Å². The number of nitrogens with zero attached hydrogens (tertiary/aromatic N) is 2. The van der Waals surface area contributed by atoms with Gasteiger partial charge in [-0.2, -0.15) is 0 Å². The summed E-state index contributed by atoms with van der Waals surface area (Å²) in [6.07, 6.45) is 4.05. The maximum atomic E-state index is 12.9. The van der Waals surface area contributed by atoms with Gasteiger partial charge in [-0.1, -0.05) is 12.8 Å². The lowest BCUT2D eigenvalue weighted by atomic mass is 9.84. The van der Waals surface area contributed by atoms with E-state index >= 15 is 0 Å². The number of carbonyl (C=O) groups is 1. The number of nitrogens with one attached hydrogen (secondary N) is 2. The molecule has 0 atom stereocenters. The standard InChI is InChI=1S/C19H29FN4OS.HI/c1-21-18(22-12-13-26-16-8-6-15(20)7-9-16)23-14-19(10-4-5-11-19)17(25)24(2)3;/h6-9H,4-5,10-14H2,1-3H3,(H2,21,22,23);1H. The van der Waals surface area contributed by atoms with E-state index in [9.17, 15) is 9.18 Å². The number of aliphatic imine (C=N–C) groups is 1. The summed E-state index contributed by atoms with van der Waals surface area (Å²) in [5, 5.41) is 6.61. The minimum atomic E-state index is -0.315. The molecule has 1 aromatic carbocycles. The Balaban J connectivity index is 0.00000364. The summed E-state index contributed by atoms with van der Waals surface area (Å²) >= 11 is 1.66. The molecule has 0 spiro atoms. The average Bonchev–Trinajstić information content (AvgIpc) is 3.12. The molecule has 0 radical (unpaired) electrons. The summed E-state index contributed by atoms with van der Waals surface area (Å²) in [7, 11) is 5.38. The Morgan fingerprint density at radius 3 is 2.41 bits per heavy atom. The molecule has 0 aromatic heterocycles. The molecule has 152 valence electrons. The van der Waals surface area contributed by atoms with Crippen LogP contribution >= 0.6 is 35.7 Å². The normalized spacial score (nSPS) is 15.8. The van der Waals surface area contributed by atoms with Crippen molar-refractivity contribution in [3.63, 3.8) is 0 Å². The van der Waals surface area contributed by atoms with Crippen LogP contribution in [0.25, 0.3) is 0 Å². The molecule has 2 rings (SSSR count). The lowest BCUT2D eigenvalue weighted by Gasteiger charge is -2.31. The zero-order chi connectivity index (χ0) is 19.0. The highest BCUT2D eigenvalue weighted by Crippen LogP contribution is 2.38. The predicted octanol–water partition coefficient (Wildman–Crippen LogP) is 3.35. The molecule has 27 heavy (non-hydrogen) atoms. The molecule has 1 aliphatic rings. The first-order valence-electron chi connectivity index (χ1n) is 9.01. The van der Waals surface area contributed by atoms with Gasteiger partial charge in [0.2, 0.25) is 5.91 Å². The van der Waals surface area contributed by atoms with Gasteiger partial charge in [0.1, 0.15) is 5.82 Å². The summed E-state index contributed by atoms with van der Waals surface area (Å²) in [6.45, 7) is 1.34. The van der Waals surface area contributed by atoms with Crippen LogP contribution in [-0.4, -0.2) is 56.8 Å². The molecule has 8 heteroatoms. The van der Waals surface area contributed by atoms with Crippen molar-refractivity contribution in [1.82, 2.24) is 15.5 Å². The van der Waals surface area contributed by atoms with Gasteiger partial charge in [-0.05, 0) is 37.1 Å². The topological polar surface area (TPSA) is 56.7 Å². The minimum absolute atomic E-state index is 0. The highest BCUT2D eigenvalue weighted by Gasteiger charge is 2.42. The third-order valence-electron chi connectivity index (χ3n) is 4.72. The summed E-state index contributed by atoms with van der Waals surface area (Å²) in [6, 6.07) is 6.51. The van der Waals surface area contributed by atoms with Crippen molar-refractivity contribution in [3.8, 4) is 0 Å². The van der Waals surface area contributed by atoms with Gasteiger partial charge in [-0.3, -0.25) is 9.79 Å². The zero-order valence-electron chi connectivity index (χ0n) is 16.3. The van der Waals surface area contributed by atoms with Crippen LogP contribution in [0.5, 0.6) is 0 Å². The fraction of sp³-hybridized carbons (Fsp3) is 0.579. The molecule has 0 aliphatic heterocycles. The van der Waals surface area contributed by atoms with Gasteiger partial charge in [-0.15, -0.1) is 35.7 Å². The van der Waals surface area contributed by atoms with Crippen molar-refractivity contribution in [3.05, 3.63) is 30.1 Å². The highest BCUT2D eigenvalue weighted by molar-refractivity contribution is 14.0. The van der Waals surface area contributed by atoms with Gasteiger partial charge in [0.15, 0.2) is 5.96 Å². The first kappa shape index (κ1) is 24.0. The number of thioether (sulfide) groups is 1. The average molecular weight is 508 g/mol. The van der Waals surface area contributed by atoms with E-state index in [1.54, 1.807) is 35.8 Å². The number of hydrogen-bond acceptors (Lipinski definition) is 3. The third-order valence-corrected chi connectivity index (χ3v) is 5.73. The second-order valence-electron chi connectivity index (χ2n) is 6.84. The van der Waals surface area contributed by atoms with Crippen LogP contribution < -0.4 is 10.6 Å². The van der Waals surface area contributed by atoms with Gasteiger partial charge in [0.25, 0.3) is 0 Å². The zero-order valence-corrected chi connectivity index (χ0v) is 19.4. The fourth-order valence-electron chi connectivity index (χ4n) is 3.34. The van der Waals surface area contributed by atoms with Crippen LogP contribution in [0.4, 0.5) is 4.39 Å². The summed E-state index contributed by atoms with van der Waals surface area (Å²) in [5.74, 6) is 1.53. The molecular formula is C19H30FIN4OS. The molecule has 1 aromatic rings. The molecule has 2 N–H and O–H groups in total. The molecule has 1 aliphatic carbocycles. The third kappa shape index (κ3) is 7.14. The Hall–Kier alpha value is -1.03. The van der Waals surface area contributed by atoms with E-state index < -0.39 is 0 Å². The second kappa shape index (κ2) is 11.7. The van der Waals surface area contributed by atoms with Crippen molar-refractivity contribution < 1.29 is 9.18 Å². The lowest BCUT2D eigenvalue weighted by Crippen LogP contribution is -2.49. The number of rotatable bonds is 7. The number of carbonyl (C=O) groups excluding carboxylic acids is 1. The number of hydrogen-bond donors (Lipinski definition) is 2. The van der Waals surface area contributed by atoms with Crippen molar-refractivity contribution in [1.29, 1.82) is 0 Å². The molecule has 1 amide bonds. The second-order valence-corrected chi connectivity index (χ2v) is 8.01. The highest BCUT2D eigenvalue weighted by atomic mass is 127. The van der Waals surface area contributed by atoms with Crippen LogP contribution in [0.3, 0.4) is 0 Å². The molecule has 1 fully saturated rings. The fourth-order valence-corrected chi connectivity index (χ4v) is 4.10. The Labute approximate surface area is 183 Å². The van der Waals surface area contributed by atoms with Crippen LogP contribution in [0.15, 0.2) is 34.2 Å². The Bertz CT molecular complexity index is 619. The van der Waals surface area contributed by atoms with E-state index in [4.69, 9.17) is 0 Å². The van der Waals surface area contributed by atoms with E-state index in [1.807, 2.05) is 14.1 Å². The number of amides is 1. The summed E-state index contributed by atoms with van der Waals surface area (Å²) in [4.78, 5) is 19.6. The van der Waals surface area contributed by atoms with Crippen LogP contribution in [0.1, 0.15) is 25.7 Å². The van der Waals surface area contributed by atoms with E-state index in [-0.39, 0.29) is 41.1 Å². The first-order valence-corrected chi connectivity index (χ1v) is 10.00. The molecule has 1 saturated carbocycles. The molecule has 0 heterocycles. The maximum Gasteiger partial charge on any atom is 0.230 e. The monoisotopic (exact) mass is 508 g/mol. The van der Waals surface area contributed by atoms with Crippen molar-refractivity contribution >= 4 is 47.6 Å². The largest absolute Gasteiger partial charge is 0.356 e. The maximum absolute atomic E-state index is 12.9. The summed E-state index contributed by atoms with van der Waals surface area (Å²) < 4.78 is 12.9. The van der Waals surface area contributed by atoms with E-state index in [1.165, 1.54) is 12.1 Å². The van der Waals surface area contributed by atoms with Gasteiger partial charge < -0.3 is 15.5 Å². The van der Waals surface area contributed by atoms with Gasteiger partial charge >= 0.3 is 0 Å². The minimum Gasteiger partial charge on any atom is -0.356 e. The van der Waals surface area contributed by atoms with E-state index in [0.717, 1.165) is 42.9 Å². The summed E-state index contributed by atoms with van der Waals surface area (Å²) in [5.41, 5.74) is -0.315. The van der Waals surface area contributed by atoms with E-state index in [2.05, 4.69) is 15.6 Å². The SMILES string of the molecule is CN=C(NCCSc1ccc(F)cc1)NCC1(C(=O)N(C)C)CCCC1.I. The lowest BCUT2D eigenvalue weighted by molar-refractivity contribution is -0.138. The molecule has 0 bridgehead atoms. The molecule has 0 unspecified atom stereocenters. The Morgan fingerprint density at radius 2 is 1.85 bits per heavy atom. The van der Waals surface area contributed by atoms with Gasteiger partial charge in [-0.25, -0.2) is 4.39 Å². The Kier molecular flexibility index (Phi) is 10.4. The van der Waals surface area contributed by atoms with Crippen LogP contribution in [0, 0.1) is 11.2 Å². The number of guanidine groups is 1. The molecule has 0 saturated heterocycles. The predicted molar refractivity (Wildman–Crippen MR) is 121 cm³/mol. The van der Waals surface area contributed by atoms with Gasteiger partial charge in [0, 0.05) is 44.9 Å². The van der Waals surface area contributed by atoms with Crippen molar-refractivity contribution in [2.75, 3.05) is 40.0 Å². The number of benzene rings is 1. The smallest absolute Gasteiger partial charge is 0.230 e. The molecule has 5 nitrogen and oxygen atoms in total.